The third-order valence-electron chi connectivity index (χ3n) is 4.37. The Kier molecular flexibility index (Phi) is 2.67. The number of ether oxygens (including phenoxy) is 2. The number of nitrogens with zero attached hydrogens (tertiary/aromatic N) is 1. The van der Waals surface area contributed by atoms with Gasteiger partial charge in [-0.05, 0) is 12.1 Å². The molecule has 0 unspecified atom stereocenters. The fraction of sp³-hybridized carbons (Fsp3) is 0.333. The van der Waals surface area contributed by atoms with Crippen LogP contribution in [0, 0.1) is 0 Å². The van der Waals surface area contributed by atoms with Gasteiger partial charge in [-0.1, -0.05) is 0 Å². The van der Waals surface area contributed by atoms with Crippen LogP contribution >= 0.6 is 0 Å². The SMILES string of the molecule is COc1cc(C=O)cc2c1c(COC(N)=O)c1n2C[C@@H]2N[C@H]12. The van der Waals surface area contributed by atoms with Gasteiger partial charge in [0.2, 0.25) is 0 Å². The van der Waals surface area contributed by atoms with Crippen LogP contribution < -0.4 is 15.8 Å². The van der Waals surface area contributed by atoms with E-state index in [1.807, 2.05) is 6.07 Å². The number of primary amides is 1. The zero-order valence-electron chi connectivity index (χ0n) is 12.0. The van der Waals surface area contributed by atoms with E-state index in [1.165, 1.54) is 0 Å². The van der Waals surface area contributed by atoms with Gasteiger partial charge in [-0.2, -0.15) is 0 Å². The summed E-state index contributed by atoms with van der Waals surface area (Å²) in [5.41, 5.74) is 8.55. The second kappa shape index (κ2) is 4.48. The van der Waals surface area contributed by atoms with Crippen LogP contribution in [0.4, 0.5) is 4.79 Å². The maximum Gasteiger partial charge on any atom is 0.404 e. The number of rotatable bonds is 4. The van der Waals surface area contributed by atoms with Gasteiger partial charge in [-0.15, -0.1) is 0 Å². The predicted molar refractivity (Wildman–Crippen MR) is 77.9 cm³/mol. The van der Waals surface area contributed by atoms with Crippen LogP contribution in [0.25, 0.3) is 10.9 Å². The number of amides is 1. The van der Waals surface area contributed by atoms with Gasteiger partial charge >= 0.3 is 6.09 Å². The number of hydrogen-bond acceptors (Lipinski definition) is 5. The molecule has 0 radical (unpaired) electrons. The summed E-state index contributed by atoms with van der Waals surface area (Å²) >= 11 is 0. The van der Waals surface area contributed by atoms with Crippen LogP contribution in [-0.2, 0) is 17.9 Å². The molecule has 1 fully saturated rings. The van der Waals surface area contributed by atoms with E-state index in [1.54, 1.807) is 13.2 Å². The Morgan fingerprint density at radius 2 is 2.36 bits per heavy atom. The maximum absolute atomic E-state index is 11.2. The first-order valence-corrected chi connectivity index (χ1v) is 7.00. The summed E-state index contributed by atoms with van der Waals surface area (Å²) in [6, 6.07) is 4.21. The molecule has 7 heteroatoms. The monoisotopic (exact) mass is 301 g/mol. The summed E-state index contributed by atoms with van der Waals surface area (Å²) in [6.07, 6.45) is -0.00927. The molecule has 2 atom stereocenters. The van der Waals surface area contributed by atoms with Crippen molar-refractivity contribution in [1.82, 2.24) is 9.88 Å². The Morgan fingerprint density at radius 3 is 3.05 bits per heavy atom. The lowest BCUT2D eigenvalue weighted by Crippen LogP contribution is -2.13. The Labute approximate surface area is 126 Å². The molecule has 2 aliphatic heterocycles. The van der Waals surface area contributed by atoms with E-state index in [0.29, 0.717) is 17.4 Å². The largest absolute Gasteiger partial charge is 0.496 e. The first kappa shape index (κ1) is 13.1. The highest BCUT2D eigenvalue weighted by molar-refractivity contribution is 5.96. The molecule has 0 bridgehead atoms. The summed E-state index contributed by atoms with van der Waals surface area (Å²) in [5.74, 6) is 0.599. The van der Waals surface area contributed by atoms with E-state index in [4.69, 9.17) is 15.2 Å². The number of nitrogens with two attached hydrogens (primary N) is 1. The fourth-order valence-electron chi connectivity index (χ4n) is 3.43. The zero-order chi connectivity index (χ0) is 15.4. The average molecular weight is 301 g/mol. The minimum atomic E-state index is -0.810. The number of benzene rings is 1. The van der Waals surface area contributed by atoms with Crippen molar-refractivity contribution in [1.29, 1.82) is 0 Å². The topological polar surface area (TPSA) is 105 Å². The number of methoxy groups -OCH3 is 1. The molecule has 1 aromatic heterocycles. The van der Waals surface area contributed by atoms with Crippen molar-refractivity contribution in [2.75, 3.05) is 7.11 Å². The van der Waals surface area contributed by atoms with E-state index in [9.17, 15) is 9.59 Å². The van der Waals surface area contributed by atoms with Gasteiger partial charge in [-0.3, -0.25) is 4.79 Å². The third-order valence-corrected chi connectivity index (χ3v) is 4.37. The molecule has 0 saturated carbocycles. The molecule has 3 N–H and O–H groups in total. The number of fused-ring (bicyclic) bond motifs is 5. The summed E-state index contributed by atoms with van der Waals surface area (Å²) in [5, 5.41) is 4.25. The van der Waals surface area contributed by atoms with Crippen LogP contribution in [0.5, 0.6) is 5.75 Å². The first-order valence-electron chi connectivity index (χ1n) is 7.00. The molecule has 1 saturated heterocycles. The number of aromatic nitrogens is 1. The van der Waals surface area contributed by atoms with Crippen molar-refractivity contribution in [2.24, 2.45) is 5.73 Å². The third kappa shape index (κ3) is 1.72. The highest BCUT2D eigenvalue weighted by atomic mass is 16.5. The molecule has 0 aliphatic carbocycles. The van der Waals surface area contributed by atoms with Gasteiger partial charge in [-0.25, -0.2) is 4.79 Å². The van der Waals surface area contributed by atoms with Crippen molar-refractivity contribution in [3.8, 4) is 5.75 Å². The molecule has 7 nitrogen and oxygen atoms in total. The molecule has 1 amide bonds. The van der Waals surface area contributed by atoms with E-state index < -0.39 is 6.09 Å². The van der Waals surface area contributed by atoms with Gasteiger partial charge < -0.3 is 25.1 Å². The normalized spacial score (nSPS) is 21.3. The molecule has 0 spiro atoms. The smallest absolute Gasteiger partial charge is 0.404 e. The van der Waals surface area contributed by atoms with Gasteiger partial charge in [0, 0.05) is 34.8 Å². The molecular formula is C15H15N3O4. The van der Waals surface area contributed by atoms with Crippen molar-refractivity contribution < 1.29 is 19.1 Å². The van der Waals surface area contributed by atoms with Crippen molar-refractivity contribution in [2.45, 2.75) is 25.2 Å². The number of carbonyl (C=O) groups is 2. The first-order chi connectivity index (χ1) is 10.6. The van der Waals surface area contributed by atoms with E-state index >= 15 is 0 Å². The second-order valence-corrected chi connectivity index (χ2v) is 5.57. The zero-order valence-corrected chi connectivity index (χ0v) is 12.0. The molecule has 4 rings (SSSR count). The van der Waals surface area contributed by atoms with Crippen molar-refractivity contribution in [3.63, 3.8) is 0 Å². The minimum absolute atomic E-state index is 0.0931. The summed E-state index contributed by atoms with van der Waals surface area (Å²) in [6.45, 7) is 0.925. The lowest BCUT2D eigenvalue weighted by Gasteiger charge is -2.07. The molecule has 114 valence electrons. The molecule has 1 aromatic carbocycles. The quantitative estimate of drug-likeness (QED) is 0.649. The second-order valence-electron chi connectivity index (χ2n) is 5.57. The van der Waals surface area contributed by atoms with Crippen LogP contribution in [0.15, 0.2) is 12.1 Å². The standard InChI is InChI=1S/C15H15N3O4/c1-21-11-3-7(5-19)2-10-12(11)8(6-22-15(16)20)14-13-9(17-13)4-18(10)14/h2-3,5,9,13,17H,4,6H2,1H3,(H2,16,20)/t9-,13-/m0/s1. The van der Waals surface area contributed by atoms with Crippen molar-refractivity contribution >= 4 is 23.3 Å². The van der Waals surface area contributed by atoms with Gasteiger partial charge in [0.15, 0.2) is 0 Å². The van der Waals surface area contributed by atoms with Crippen LogP contribution in [0.1, 0.15) is 27.7 Å². The van der Waals surface area contributed by atoms with E-state index in [-0.39, 0.29) is 12.6 Å². The lowest BCUT2D eigenvalue weighted by atomic mass is 10.1. The maximum atomic E-state index is 11.2. The average Bonchev–Trinajstić information content (AvgIpc) is 3.07. The Morgan fingerprint density at radius 1 is 1.55 bits per heavy atom. The summed E-state index contributed by atoms with van der Waals surface area (Å²) in [4.78, 5) is 22.1. The predicted octanol–water partition coefficient (Wildman–Crippen LogP) is 1.08. The summed E-state index contributed by atoms with van der Waals surface area (Å²) < 4.78 is 12.6. The van der Waals surface area contributed by atoms with Crippen LogP contribution in [-0.4, -0.2) is 30.1 Å². The molecular weight excluding hydrogens is 286 g/mol. The number of aldehydes is 1. The Hall–Kier alpha value is -2.54. The number of nitrogens with one attached hydrogen (secondary N) is 1. The fourth-order valence-corrected chi connectivity index (χ4v) is 3.43. The van der Waals surface area contributed by atoms with Crippen LogP contribution in [0.2, 0.25) is 0 Å². The highest BCUT2D eigenvalue weighted by Gasteiger charge is 2.48. The Bertz CT molecular complexity index is 811. The Balaban J connectivity index is 1.97. The molecule has 22 heavy (non-hydrogen) atoms. The van der Waals surface area contributed by atoms with Crippen molar-refractivity contribution in [3.05, 3.63) is 29.0 Å². The van der Waals surface area contributed by atoms with E-state index in [0.717, 1.165) is 35.0 Å². The molecule has 2 aromatic rings. The molecule has 3 heterocycles. The molecule has 2 aliphatic rings. The van der Waals surface area contributed by atoms with Gasteiger partial charge in [0.05, 0.1) is 18.7 Å². The lowest BCUT2D eigenvalue weighted by molar-refractivity contribution is 0.112. The minimum Gasteiger partial charge on any atom is -0.496 e. The number of carbonyl (C=O) groups excluding carboxylic acids is 2. The van der Waals surface area contributed by atoms with Gasteiger partial charge in [0.1, 0.15) is 18.6 Å². The van der Waals surface area contributed by atoms with E-state index in [2.05, 4.69) is 9.88 Å². The number of hydrogen-bond donors (Lipinski definition) is 2. The highest BCUT2D eigenvalue weighted by Crippen LogP contribution is 2.47. The summed E-state index contributed by atoms with van der Waals surface area (Å²) in [7, 11) is 1.56. The van der Waals surface area contributed by atoms with Crippen LogP contribution in [0.3, 0.4) is 0 Å². The van der Waals surface area contributed by atoms with Gasteiger partial charge in [0.25, 0.3) is 0 Å².